The Kier molecular flexibility index (Phi) is 9.98. The minimum atomic E-state index is -5.08. The summed E-state index contributed by atoms with van der Waals surface area (Å²) in [6.45, 7) is 4.89. The van der Waals surface area contributed by atoms with Crippen LogP contribution in [0.3, 0.4) is 0 Å². The molecule has 31 heavy (non-hydrogen) atoms. The largest absolute Gasteiger partial charge is 0.490 e. The predicted octanol–water partition coefficient (Wildman–Crippen LogP) is 3.90. The summed E-state index contributed by atoms with van der Waals surface area (Å²) in [4.78, 5) is 25.7. The van der Waals surface area contributed by atoms with Crippen LogP contribution in [-0.2, 0) is 9.59 Å². The highest BCUT2D eigenvalue weighted by molar-refractivity contribution is 5.85. The average Bonchev–Trinajstić information content (AvgIpc) is 2.72. The van der Waals surface area contributed by atoms with Gasteiger partial charge >= 0.3 is 12.1 Å². The number of hydrogen-bond acceptors (Lipinski definition) is 5. The molecule has 1 aromatic carbocycles. The number of amides is 1. The lowest BCUT2D eigenvalue weighted by Gasteiger charge is -2.19. The summed E-state index contributed by atoms with van der Waals surface area (Å²) in [5.74, 6) is -1.75. The molecule has 0 fully saturated rings. The molecule has 0 saturated carbocycles. The van der Waals surface area contributed by atoms with E-state index in [-0.39, 0.29) is 5.91 Å². The van der Waals surface area contributed by atoms with Crippen molar-refractivity contribution in [1.29, 1.82) is 5.26 Å². The van der Waals surface area contributed by atoms with E-state index in [1.165, 1.54) is 6.20 Å². The standard InChI is InChI=1S/C19H22N4O.C2HF3O2/c1-14(2)10-11-21-19(24)18(16-6-4-3-5-7-16)23-17-9-8-15(12-20)13-22-17;3-2(4,5)1(6)7/h3-9,13-14,18H,10-11H2,1-2H3,(H,21,24)(H,22,23);(H,6,7). The zero-order valence-electron chi connectivity index (χ0n) is 17.0. The summed E-state index contributed by atoms with van der Waals surface area (Å²) < 4.78 is 31.7. The van der Waals surface area contributed by atoms with E-state index in [4.69, 9.17) is 15.2 Å². The summed E-state index contributed by atoms with van der Waals surface area (Å²) in [5.41, 5.74) is 1.35. The lowest BCUT2D eigenvalue weighted by Crippen LogP contribution is -2.34. The smallest absolute Gasteiger partial charge is 0.475 e. The second-order valence-corrected chi connectivity index (χ2v) is 6.81. The molecule has 1 aromatic heterocycles. The van der Waals surface area contributed by atoms with E-state index in [0.717, 1.165) is 12.0 Å². The Labute approximate surface area is 177 Å². The van der Waals surface area contributed by atoms with Crippen molar-refractivity contribution < 1.29 is 27.9 Å². The third-order valence-electron chi connectivity index (χ3n) is 3.84. The number of anilines is 1. The fourth-order valence-electron chi connectivity index (χ4n) is 2.23. The monoisotopic (exact) mass is 436 g/mol. The first kappa shape index (κ1) is 25.4. The first-order chi connectivity index (χ1) is 14.5. The molecular weight excluding hydrogens is 413 g/mol. The third kappa shape index (κ3) is 9.62. The molecule has 1 heterocycles. The van der Waals surface area contributed by atoms with Crippen molar-refractivity contribution in [3.05, 3.63) is 59.8 Å². The van der Waals surface area contributed by atoms with Gasteiger partial charge in [0.05, 0.1) is 5.56 Å². The fraction of sp³-hybridized carbons (Fsp3) is 0.333. The van der Waals surface area contributed by atoms with E-state index in [2.05, 4.69) is 29.5 Å². The van der Waals surface area contributed by atoms with E-state index in [0.29, 0.717) is 23.8 Å². The van der Waals surface area contributed by atoms with Crippen molar-refractivity contribution in [3.63, 3.8) is 0 Å². The summed E-state index contributed by atoms with van der Waals surface area (Å²) in [6, 6.07) is 14.4. The molecule has 3 N–H and O–H groups in total. The maximum Gasteiger partial charge on any atom is 0.490 e. The van der Waals surface area contributed by atoms with Crippen molar-refractivity contribution in [2.24, 2.45) is 5.92 Å². The Morgan fingerprint density at radius 3 is 2.23 bits per heavy atom. The van der Waals surface area contributed by atoms with E-state index in [1.54, 1.807) is 12.1 Å². The SMILES string of the molecule is CC(C)CCNC(=O)C(Nc1ccc(C#N)cn1)c1ccccc1.O=C(O)C(F)(F)F. The Morgan fingerprint density at radius 2 is 1.77 bits per heavy atom. The van der Waals surface area contributed by atoms with Gasteiger partial charge in [-0.2, -0.15) is 18.4 Å². The molecule has 0 bridgehead atoms. The average molecular weight is 436 g/mol. The number of halogens is 3. The van der Waals surface area contributed by atoms with Crippen LogP contribution in [-0.4, -0.2) is 34.7 Å². The van der Waals surface area contributed by atoms with Gasteiger partial charge in [-0.25, -0.2) is 9.78 Å². The number of carbonyl (C=O) groups excluding carboxylic acids is 1. The number of nitrogens with one attached hydrogen (secondary N) is 2. The molecule has 0 spiro atoms. The van der Waals surface area contributed by atoms with E-state index in [1.807, 2.05) is 36.4 Å². The number of pyridine rings is 1. The Hall–Kier alpha value is -3.61. The van der Waals surface area contributed by atoms with Gasteiger partial charge in [-0.15, -0.1) is 0 Å². The number of nitrogens with zero attached hydrogens (tertiary/aromatic N) is 2. The number of nitriles is 1. The highest BCUT2D eigenvalue weighted by Crippen LogP contribution is 2.19. The minimum absolute atomic E-state index is 0.0898. The van der Waals surface area contributed by atoms with Gasteiger partial charge in [0.15, 0.2) is 0 Å². The Balaban J connectivity index is 0.000000592. The van der Waals surface area contributed by atoms with Crippen molar-refractivity contribution in [1.82, 2.24) is 10.3 Å². The second-order valence-electron chi connectivity index (χ2n) is 6.81. The summed E-state index contributed by atoms with van der Waals surface area (Å²) in [5, 5.41) is 22.1. The highest BCUT2D eigenvalue weighted by Gasteiger charge is 2.38. The highest BCUT2D eigenvalue weighted by atomic mass is 19.4. The van der Waals surface area contributed by atoms with Crippen LogP contribution < -0.4 is 10.6 Å². The maximum absolute atomic E-state index is 12.6. The van der Waals surface area contributed by atoms with Gasteiger partial charge in [0.25, 0.3) is 0 Å². The molecule has 0 radical (unpaired) electrons. The Morgan fingerprint density at radius 1 is 1.16 bits per heavy atom. The van der Waals surface area contributed by atoms with Gasteiger partial charge in [-0.05, 0) is 30.0 Å². The van der Waals surface area contributed by atoms with Crippen LogP contribution in [0, 0.1) is 17.2 Å². The lowest BCUT2D eigenvalue weighted by molar-refractivity contribution is -0.192. The molecule has 2 aromatic rings. The molecular formula is C21H23F3N4O3. The molecule has 1 unspecified atom stereocenters. The van der Waals surface area contributed by atoms with Crippen molar-refractivity contribution >= 4 is 17.7 Å². The first-order valence-electron chi connectivity index (χ1n) is 9.30. The predicted molar refractivity (Wildman–Crippen MR) is 108 cm³/mol. The van der Waals surface area contributed by atoms with Crippen molar-refractivity contribution in [2.75, 3.05) is 11.9 Å². The van der Waals surface area contributed by atoms with Crippen LogP contribution in [0.5, 0.6) is 0 Å². The topological polar surface area (TPSA) is 115 Å². The van der Waals surface area contributed by atoms with Crippen LogP contribution in [0.1, 0.15) is 37.4 Å². The number of carbonyl (C=O) groups is 2. The fourth-order valence-corrected chi connectivity index (χ4v) is 2.23. The number of benzene rings is 1. The second kappa shape index (κ2) is 12.2. The molecule has 1 amide bonds. The van der Waals surface area contributed by atoms with Gasteiger partial charge in [0.1, 0.15) is 17.9 Å². The molecule has 0 saturated heterocycles. The van der Waals surface area contributed by atoms with Crippen molar-refractivity contribution in [3.8, 4) is 6.07 Å². The number of rotatable bonds is 7. The zero-order chi connectivity index (χ0) is 23.4. The molecule has 0 aliphatic carbocycles. The maximum atomic E-state index is 12.6. The third-order valence-corrected chi connectivity index (χ3v) is 3.84. The normalized spacial score (nSPS) is 11.5. The molecule has 10 heteroatoms. The van der Waals surface area contributed by atoms with Gasteiger partial charge in [0, 0.05) is 12.7 Å². The van der Waals surface area contributed by atoms with Gasteiger partial charge in [-0.1, -0.05) is 44.2 Å². The molecule has 166 valence electrons. The lowest BCUT2D eigenvalue weighted by atomic mass is 10.1. The molecule has 2 rings (SSSR count). The van der Waals surface area contributed by atoms with E-state index < -0.39 is 18.2 Å². The number of alkyl halides is 3. The summed E-state index contributed by atoms with van der Waals surface area (Å²) in [6.07, 6.45) is -2.66. The number of carboxylic acid groups (broad SMARTS) is 1. The quantitative estimate of drug-likeness (QED) is 0.606. The molecule has 0 aliphatic heterocycles. The van der Waals surface area contributed by atoms with E-state index in [9.17, 15) is 18.0 Å². The van der Waals surface area contributed by atoms with E-state index >= 15 is 0 Å². The first-order valence-corrected chi connectivity index (χ1v) is 9.30. The van der Waals surface area contributed by atoms with Crippen molar-refractivity contribution in [2.45, 2.75) is 32.5 Å². The number of aromatic nitrogens is 1. The molecule has 1 atom stereocenters. The number of hydrogen-bond donors (Lipinski definition) is 3. The van der Waals surface area contributed by atoms with Gasteiger partial charge in [0.2, 0.25) is 5.91 Å². The molecule has 0 aliphatic rings. The van der Waals surface area contributed by atoms with Crippen LogP contribution >= 0.6 is 0 Å². The minimum Gasteiger partial charge on any atom is -0.475 e. The van der Waals surface area contributed by atoms with Crippen LogP contribution in [0.2, 0.25) is 0 Å². The number of carboxylic acids is 1. The zero-order valence-corrected chi connectivity index (χ0v) is 17.0. The molecule has 7 nitrogen and oxygen atoms in total. The van der Waals surface area contributed by atoms with Gasteiger partial charge in [-0.3, -0.25) is 4.79 Å². The van der Waals surface area contributed by atoms with Crippen LogP contribution in [0.25, 0.3) is 0 Å². The summed E-state index contributed by atoms with van der Waals surface area (Å²) in [7, 11) is 0. The van der Waals surface area contributed by atoms with Gasteiger partial charge < -0.3 is 15.7 Å². The summed E-state index contributed by atoms with van der Waals surface area (Å²) >= 11 is 0. The Bertz CT molecular complexity index is 879. The van der Waals surface area contributed by atoms with Crippen LogP contribution in [0.15, 0.2) is 48.7 Å². The van der Waals surface area contributed by atoms with Crippen LogP contribution in [0.4, 0.5) is 19.0 Å². The number of aliphatic carboxylic acids is 1.